The Morgan fingerprint density at radius 2 is 1.55 bits per heavy atom. The van der Waals surface area contributed by atoms with Crippen LogP contribution in [0.4, 0.5) is 5.69 Å². The second kappa shape index (κ2) is 9.36. The summed E-state index contributed by atoms with van der Waals surface area (Å²) in [5, 5.41) is 14.8. The van der Waals surface area contributed by atoms with Crippen molar-refractivity contribution < 1.29 is 9.53 Å². The summed E-state index contributed by atoms with van der Waals surface area (Å²) < 4.78 is 5.05. The van der Waals surface area contributed by atoms with Gasteiger partial charge in [0.25, 0.3) is 5.91 Å². The molecule has 0 spiro atoms. The van der Waals surface area contributed by atoms with Gasteiger partial charge < -0.3 is 10.1 Å². The highest BCUT2D eigenvalue weighted by Crippen LogP contribution is 2.15. The first-order valence-electron chi connectivity index (χ1n) is 5.50. The van der Waals surface area contributed by atoms with Crippen molar-refractivity contribution in [1.29, 1.82) is 10.8 Å². The molecule has 2 aromatic rings. The zero-order chi connectivity index (χ0) is 14.1. The number of anilines is 1. The molecule has 0 heterocycles. The molecule has 0 unspecified atom stereocenters. The Kier molecular flexibility index (Phi) is 8.16. The number of nitrogens with one attached hydrogen (secondary N) is 1. The van der Waals surface area contributed by atoms with Gasteiger partial charge in [-0.25, -0.2) is 0 Å². The zero-order valence-corrected chi connectivity index (χ0v) is 11.6. The number of benzene rings is 2. The van der Waals surface area contributed by atoms with Crippen LogP contribution in [0.25, 0.3) is 0 Å². The van der Waals surface area contributed by atoms with Gasteiger partial charge in [0.05, 0.1) is 7.11 Å². The molecule has 2 rings (SSSR count). The van der Waals surface area contributed by atoms with E-state index in [1.807, 2.05) is 18.2 Å². The SMILES string of the molecule is COc1ccc(NC(=O)c2ccccc2)cc1.Cl.N#N. The predicted molar refractivity (Wildman–Crippen MR) is 78.1 cm³/mol. The van der Waals surface area contributed by atoms with Crippen molar-refractivity contribution >= 4 is 24.0 Å². The fourth-order valence-corrected chi connectivity index (χ4v) is 1.47. The van der Waals surface area contributed by atoms with Crippen molar-refractivity contribution in [3.63, 3.8) is 0 Å². The highest BCUT2D eigenvalue weighted by atomic mass is 35.5. The third-order valence-corrected chi connectivity index (χ3v) is 2.38. The maximum absolute atomic E-state index is 11.8. The Morgan fingerprint density at radius 1 is 1.00 bits per heavy atom. The van der Waals surface area contributed by atoms with Crippen LogP contribution in [0.1, 0.15) is 10.4 Å². The number of hydrogen-bond donors (Lipinski definition) is 1. The molecule has 0 saturated carbocycles. The smallest absolute Gasteiger partial charge is 0.255 e. The van der Waals surface area contributed by atoms with Gasteiger partial charge in [-0.15, -0.1) is 12.4 Å². The van der Waals surface area contributed by atoms with Gasteiger partial charge in [0.15, 0.2) is 0 Å². The van der Waals surface area contributed by atoms with Crippen molar-refractivity contribution in [2.75, 3.05) is 12.4 Å². The Hall–Kier alpha value is -2.58. The third-order valence-electron chi connectivity index (χ3n) is 2.38. The highest BCUT2D eigenvalue weighted by Gasteiger charge is 2.04. The van der Waals surface area contributed by atoms with Crippen molar-refractivity contribution in [2.45, 2.75) is 0 Å². The lowest BCUT2D eigenvalue weighted by molar-refractivity contribution is 0.102. The summed E-state index contributed by atoms with van der Waals surface area (Å²) in [5.41, 5.74) is 1.39. The molecule has 0 radical (unpaired) electrons. The summed E-state index contributed by atoms with van der Waals surface area (Å²) in [6.45, 7) is 0. The summed E-state index contributed by atoms with van der Waals surface area (Å²) in [6.07, 6.45) is 0. The molecule has 0 bridgehead atoms. The minimum Gasteiger partial charge on any atom is -0.497 e. The second-order valence-electron chi connectivity index (χ2n) is 3.55. The molecule has 6 heteroatoms. The first-order valence-corrected chi connectivity index (χ1v) is 5.50. The standard InChI is InChI=1S/C14H13NO2.ClH.N2/c1-17-13-9-7-12(8-10-13)15-14(16)11-5-3-2-4-6-11;;1-2/h2-10H,1H3,(H,15,16);1H;. The van der Waals surface area contributed by atoms with Gasteiger partial charge in [-0.2, -0.15) is 0 Å². The normalized spacial score (nSPS) is 8.35. The molecular weight excluding hydrogens is 278 g/mol. The number of amides is 1. The lowest BCUT2D eigenvalue weighted by Gasteiger charge is -2.06. The van der Waals surface area contributed by atoms with Crippen LogP contribution in [0.15, 0.2) is 54.6 Å². The summed E-state index contributed by atoms with van der Waals surface area (Å²) in [7, 11) is 1.61. The van der Waals surface area contributed by atoms with E-state index in [9.17, 15) is 4.79 Å². The Bertz CT molecular complexity index is 541. The predicted octanol–water partition coefficient (Wildman–Crippen LogP) is 3.40. The summed E-state index contributed by atoms with van der Waals surface area (Å²) in [4.78, 5) is 11.8. The monoisotopic (exact) mass is 291 g/mol. The lowest BCUT2D eigenvalue weighted by Crippen LogP contribution is -2.11. The van der Waals surface area contributed by atoms with Crippen LogP contribution in [0, 0.1) is 10.8 Å². The fourth-order valence-electron chi connectivity index (χ4n) is 1.47. The van der Waals surface area contributed by atoms with Crippen LogP contribution >= 0.6 is 12.4 Å². The first-order chi connectivity index (χ1) is 9.29. The quantitative estimate of drug-likeness (QED) is 0.878. The van der Waals surface area contributed by atoms with Gasteiger partial charge in [-0.05, 0) is 36.4 Å². The second-order valence-corrected chi connectivity index (χ2v) is 3.55. The highest BCUT2D eigenvalue weighted by molar-refractivity contribution is 6.04. The average molecular weight is 292 g/mol. The molecule has 2 aromatic carbocycles. The lowest BCUT2D eigenvalue weighted by atomic mass is 10.2. The Balaban J connectivity index is 0.00000115. The first kappa shape index (κ1) is 17.4. The van der Waals surface area contributed by atoms with Gasteiger partial charge in [-0.1, -0.05) is 18.2 Å². The molecule has 0 aliphatic carbocycles. The minimum atomic E-state index is -0.115. The van der Waals surface area contributed by atoms with Crippen LogP contribution in [-0.4, -0.2) is 13.0 Å². The Labute approximate surface area is 123 Å². The Morgan fingerprint density at radius 3 is 2.05 bits per heavy atom. The van der Waals surface area contributed by atoms with Gasteiger partial charge in [0, 0.05) is 22.0 Å². The number of halogens is 1. The largest absolute Gasteiger partial charge is 0.497 e. The van der Waals surface area contributed by atoms with Crippen LogP contribution in [-0.2, 0) is 0 Å². The number of methoxy groups -OCH3 is 1. The van der Waals surface area contributed by atoms with E-state index in [-0.39, 0.29) is 18.3 Å². The molecule has 0 saturated heterocycles. The fraction of sp³-hybridized carbons (Fsp3) is 0.0714. The summed E-state index contributed by atoms with van der Waals surface area (Å²) in [6, 6.07) is 16.3. The van der Waals surface area contributed by atoms with Crippen molar-refractivity contribution in [3.8, 4) is 5.75 Å². The van der Waals surface area contributed by atoms with Crippen LogP contribution < -0.4 is 10.1 Å². The van der Waals surface area contributed by atoms with E-state index in [2.05, 4.69) is 5.32 Å². The molecule has 0 aliphatic rings. The average Bonchev–Trinajstić information content (AvgIpc) is 2.51. The van der Waals surface area contributed by atoms with Crippen LogP contribution in [0.3, 0.4) is 0 Å². The van der Waals surface area contributed by atoms with Gasteiger partial charge in [0.2, 0.25) is 0 Å². The van der Waals surface area contributed by atoms with Crippen LogP contribution in [0.5, 0.6) is 5.75 Å². The van der Waals surface area contributed by atoms with Crippen molar-refractivity contribution in [3.05, 3.63) is 60.2 Å². The van der Waals surface area contributed by atoms with Crippen LogP contribution in [0.2, 0.25) is 0 Å². The molecule has 0 aliphatic heterocycles. The summed E-state index contributed by atoms with van der Waals surface area (Å²) >= 11 is 0. The topological polar surface area (TPSA) is 85.9 Å². The van der Waals surface area contributed by atoms with E-state index in [0.29, 0.717) is 5.56 Å². The zero-order valence-electron chi connectivity index (χ0n) is 10.8. The number of ether oxygens (including phenoxy) is 1. The van der Waals surface area contributed by atoms with E-state index < -0.39 is 0 Å². The number of nitrogens with zero attached hydrogens (tertiary/aromatic N) is 2. The van der Waals surface area contributed by atoms with Gasteiger partial charge in [-0.3, -0.25) is 4.79 Å². The van der Waals surface area contributed by atoms with Gasteiger partial charge >= 0.3 is 0 Å². The maximum Gasteiger partial charge on any atom is 0.255 e. The van der Waals surface area contributed by atoms with Crippen molar-refractivity contribution in [1.82, 2.24) is 0 Å². The summed E-state index contributed by atoms with van der Waals surface area (Å²) in [5.74, 6) is 0.651. The van der Waals surface area contributed by atoms with Gasteiger partial charge in [0.1, 0.15) is 5.75 Å². The molecule has 104 valence electrons. The number of hydrogen-bond acceptors (Lipinski definition) is 4. The molecule has 0 fully saturated rings. The van der Waals surface area contributed by atoms with E-state index in [0.717, 1.165) is 11.4 Å². The number of rotatable bonds is 3. The minimum absolute atomic E-state index is 0. The molecule has 1 N–H and O–H groups in total. The van der Waals surface area contributed by atoms with E-state index in [4.69, 9.17) is 15.5 Å². The molecular formula is C14H14ClN3O2. The van der Waals surface area contributed by atoms with E-state index in [1.54, 1.807) is 43.5 Å². The maximum atomic E-state index is 11.8. The molecule has 20 heavy (non-hydrogen) atoms. The number of carbonyl (C=O) groups excluding carboxylic acids is 1. The van der Waals surface area contributed by atoms with E-state index in [1.165, 1.54) is 0 Å². The molecule has 0 aromatic heterocycles. The van der Waals surface area contributed by atoms with Crippen molar-refractivity contribution in [2.24, 2.45) is 0 Å². The molecule has 5 nitrogen and oxygen atoms in total. The van der Waals surface area contributed by atoms with E-state index >= 15 is 0 Å². The third kappa shape index (κ3) is 4.96. The molecule has 0 atom stereocenters. The number of carbonyl (C=O) groups is 1. The molecule has 1 amide bonds.